The molecule has 0 aliphatic rings. The molecule has 0 aromatic rings. The predicted octanol–water partition coefficient (Wildman–Crippen LogP) is 9.06. The summed E-state index contributed by atoms with van der Waals surface area (Å²) in [5.74, 6) is -0.0567. The van der Waals surface area contributed by atoms with Crippen LogP contribution in [0.15, 0.2) is 60.8 Å². The van der Waals surface area contributed by atoms with Crippen LogP contribution in [0, 0.1) is 0 Å². The highest BCUT2D eigenvalue weighted by Crippen LogP contribution is 2.11. The molecule has 0 spiro atoms. The summed E-state index contributed by atoms with van der Waals surface area (Å²) in [5.41, 5.74) is 0. The molecule has 0 saturated heterocycles. The van der Waals surface area contributed by atoms with E-state index < -0.39 is 12.1 Å². The van der Waals surface area contributed by atoms with E-state index in [1.54, 1.807) is 0 Å². The van der Waals surface area contributed by atoms with Gasteiger partial charge in [-0.05, 0) is 57.8 Å². The molecule has 0 radical (unpaired) electrons. The Balaban J connectivity index is 3.58. The van der Waals surface area contributed by atoms with Gasteiger partial charge in [0.2, 0.25) is 5.91 Å². The molecule has 0 fully saturated rings. The average Bonchev–Trinajstić information content (AvgIpc) is 2.94. The van der Waals surface area contributed by atoms with E-state index in [2.05, 4.69) is 79.9 Å². The van der Waals surface area contributed by atoms with Crippen molar-refractivity contribution >= 4 is 5.91 Å². The maximum atomic E-state index is 12.2. The number of allylic oxidation sites excluding steroid dienone is 10. The van der Waals surface area contributed by atoms with Crippen LogP contribution < -0.4 is 5.32 Å². The number of nitrogens with one attached hydrogen (secondary N) is 1. The summed E-state index contributed by atoms with van der Waals surface area (Å²) in [6, 6.07) is -0.540. The van der Waals surface area contributed by atoms with Crippen LogP contribution in [0.5, 0.6) is 0 Å². The van der Waals surface area contributed by atoms with Crippen molar-refractivity contribution in [3.05, 3.63) is 60.8 Å². The maximum Gasteiger partial charge on any atom is 0.220 e. The molecule has 0 aliphatic carbocycles. The number of carbonyl (C=O) groups is 1. The van der Waals surface area contributed by atoms with Gasteiger partial charge in [-0.2, -0.15) is 0 Å². The summed E-state index contributed by atoms with van der Waals surface area (Å²) in [6.07, 6.45) is 41.6. The molecule has 4 nitrogen and oxygen atoms in total. The predicted molar refractivity (Wildman–Crippen MR) is 170 cm³/mol. The minimum atomic E-state index is -0.662. The molecule has 0 bridgehead atoms. The summed E-state index contributed by atoms with van der Waals surface area (Å²) in [4.78, 5) is 12.2. The molecule has 39 heavy (non-hydrogen) atoms. The highest BCUT2D eigenvalue weighted by atomic mass is 16.3. The molecule has 224 valence electrons. The van der Waals surface area contributed by atoms with Crippen molar-refractivity contribution in [2.75, 3.05) is 6.61 Å². The Kier molecular flexibility index (Phi) is 29.1. The van der Waals surface area contributed by atoms with Crippen LogP contribution in [-0.2, 0) is 4.79 Å². The Bertz CT molecular complexity index is 677. The number of amides is 1. The molecule has 0 heterocycles. The summed E-state index contributed by atoms with van der Waals surface area (Å²) in [6.45, 7) is 4.11. The van der Waals surface area contributed by atoms with E-state index in [1.807, 2.05) is 0 Å². The van der Waals surface area contributed by atoms with Crippen molar-refractivity contribution in [2.45, 2.75) is 148 Å². The summed E-state index contributed by atoms with van der Waals surface area (Å²) >= 11 is 0. The smallest absolute Gasteiger partial charge is 0.220 e. The second-order valence-electron chi connectivity index (χ2n) is 10.5. The van der Waals surface area contributed by atoms with Gasteiger partial charge in [0.05, 0.1) is 18.8 Å². The van der Waals surface area contributed by atoms with Gasteiger partial charge in [0.1, 0.15) is 0 Å². The number of hydrogen-bond donors (Lipinski definition) is 3. The zero-order valence-electron chi connectivity index (χ0n) is 25.4. The molecular formula is C35H61NO3. The van der Waals surface area contributed by atoms with Gasteiger partial charge in [-0.1, -0.05) is 132 Å². The van der Waals surface area contributed by atoms with E-state index in [1.165, 1.54) is 32.1 Å². The van der Waals surface area contributed by atoms with Crippen LogP contribution in [0.1, 0.15) is 136 Å². The van der Waals surface area contributed by atoms with Crippen molar-refractivity contribution in [1.29, 1.82) is 0 Å². The van der Waals surface area contributed by atoms with Crippen LogP contribution in [0.2, 0.25) is 0 Å². The Labute approximate surface area is 241 Å². The minimum Gasteiger partial charge on any atom is -0.394 e. The Hall–Kier alpha value is -1.91. The molecule has 2 atom stereocenters. The molecule has 0 saturated carbocycles. The first-order valence-electron chi connectivity index (χ1n) is 16.0. The van der Waals surface area contributed by atoms with Gasteiger partial charge in [0.15, 0.2) is 0 Å². The average molecular weight is 544 g/mol. The van der Waals surface area contributed by atoms with Crippen LogP contribution in [0.3, 0.4) is 0 Å². The number of unbranched alkanes of at least 4 members (excludes halogenated alkanes) is 10. The van der Waals surface area contributed by atoms with Gasteiger partial charge in [0, 0.05) is 6.42 Å². The van der Waals surface area contributed by atoms with Gasteiger partial charge in [-0.25, -0.2) is 0 Å². The van der Waals surface area contributed by atoms with E-state index in [9.17, 15) is 15.0 Å². The van der Waals surface area contributed by atoms with Crippen LogP contribution in [0.25, 0.3) is 0 Å². The van der Waals surface area contributed by atoms with Gasteiger partial charge >= 0.3 is 0 Å². The lowest BCUT2D eigenvalue weighted by molar-refractivity contribution is -0.123. The number of hydrogen-bond acceptors (Lipinski definition) is 3. The molecule has 0 rings (SSSR count). The third-order valence-electron chi connectivity index (χ3n) is 6.79. The lowest BCUT2D eigenvalue weighted by Gasteiger charge is -2.22. The van der Waals surface area contributed by atoms with E-state index >= 15 is 0 Å². The van der Waals surface area contributed by atoms with Crippen molar-refractivity contribution in [2.24, 2.45) is 0 Å². The topological polar surface area (TPSA) is 69.6 Å². The molecule has 3 N–H and O–H groups in total. The van der Waals surface area contributed by atoms with Gasteiger partial charge in [-0.3, -0.25) is 4.79 Å². The molecular weight excluding hydrogens is 482 g/mol. The number of aliphatic hydroxyl groups is 2. The van der Waals surface area contributed by atoms with Crippen LogP contribution >= 0.6 is 0 Å². The molecule has 0 aromatic heterocycles. The normalized spacial score (nSPS) is 14.1. The van der Waals surface area contributed by atoms with E-state index in [4.69, 9.17) is 0 Å². The number of carbonyl (C=O) groups excluding carboxylic acids is 1. The minimum absolute atomic E-state index is 0.0567. The molecule has 2 unspecified atom stereocenters. The zero-order chi connectivity index (χ0) is 28.7. The third-order valence-corrected chi connectivity index (χ3v) is 6.79. The first-order chi connectivity index (χ1) is 19.2. The second-order valence-corrected chi connectivity index (χ2v) is 10.5. The molecule has 0 aliphatic heterocycles. The zero-order valence-corrected chi connectivity index (χ0v) is 25.4. The summed E-state index contributed by atoms with van der Waals surface area (Å²) in [7, 11) is 0. The Morgan fingerprint density at radius 2 is 1.13 bits per heavy atom. The molecule has 4 heteroatoms. The van der Waals surface area contributed by atoms with Crippen LogP contribution in [-0.4, -0.2) is 34.9 Å². The van der Waals surface area contributed by atoms with Gasteiger partial charge < -0.3 is 15.5 Å². The van der Waals surface area contributed by atoms with Gasteiger partial charge in [-0.15, -0.1) is 0 Å². The van der Waals surface area contributed by atoms with E-state index in [0.29, 0.717) is 12.8 Å². The lowest BCUT2D eigenvalue weighted by Crippen LogP contribution is -2.45. The summed E-state index contributed by atoms with van der Waals surface area (Å²) < 4.78 is 0. The Morgan fingerprint density at radius 3 is 1.67 bits per heavy atom. The lowest BCUT2D eigenvalue weighted by atomic mass is 10.0. The highest BCUT2D eigenvalue weighted by Gasteiger charge is 2.19. The van der Waals surface area contributed by atoms with Crippen molar-refractivity contribution in [3.63, 3.8) is 0 Å². The summed E-state index contributed by atoms with van der Waals surface area (Å²) in [5, 5.41) is 22.6. The van der Waals surface area contributed by atoms with Crippen molar-refractivity contribution in [3.8, 4) is 0 Å². The van der Waals surface area contributed by atoms with Gasteiger partial charge in [0.25, 0.3) is 0 Å². The maximum absolute atomic E-state index is 12.2. The van der Waals surface area contributed by atoms with E-state index in [-0.39, 0.29) is 12.5 Å². The number of aliphatic hydroxyl groups excluding tert-OH is 2. The van der Waals surface area contributed by atoms with Crippen LogP contribution in [0.4, 0.5) is 0 Å². The fraction of sp³-hybridized carbons (Fsp3) is 0.686. The van der Waals surface area contributed by atoms with Crippen molar-refractivity contribution in [1.82, 2.24) is 5.32 Å². The van der Waals surface area contributed by atoms with Crippen molar-refractivity contribution < 1.29 is 15.0 Å². The second kappa shape index (κ2) is 30.6. The monoisotopic (exact) mass is 543 g/mol. The third kappa shape index (κ3) is 27.4. The SMILES string of the molecule is CC/C=C\C/C=C\C/C=C\C/C=C\C/C=C\CCCCCCCCCC(=O)NC(CO)C(O)CCCCCC. The fourth-order valence-electron chi connectivity index (χ4n) is 4.32. The Morgan fingerprint density at radius 1 is 0.641 bits per heavy atom. The standard InChI is InChI=1S/C35H61NO3/c1-3-5-7-9-10-11-12-13-14-15-16-17-18-19-20-21-22-23-24-25-26-27-29-31-35(39)36-33(32-37)34(38)30-28-8-6-4-2/h5,7,10-11,13-14,16-17,19-20,33-34,37-38H,3-4,6,8-9,12,15,18,21-32H2,1-2H3,(H,36,39)/b7-5-,11-10-,14-13-,17-16-,20-19-. The highest BCUT2D eigenvalue weighted by molar-refractivity contribution is 5.76. The largest absolute Gasteiger partial charge is 0.394 e. The number of rotatable bonds is 27. The molecule has 0 aromatic carbocycles. The fourth-order valence-corrected chi connectivity index (χ4v) is 4.32. The quantitative estimate of drug-likeness (QED) is 0.0715. The first kappa shape index (κ1) is 37.1. The molecule has 1 amide bonds. The first-order valence-corrected chi connectivity index (χ1v) is 16.0. The van der Waals surface area contributed by atoms with E-state index in [0.717, 1.165) is 77.0 Å².